The van der Waals surface area contributed by atoms with Crippen LogP contribution in [0.25, 0.3) is 0 Å². The van der Waals surface area contributed by atoms with Crippen molar-refractivity contribution >= 4 is 11.6 Å². The summed E-state index contributed by atoms with van der Waals surface area (Å²) in [6.45, 7) is 7.77. The largest absolute Gasteiger partial charge is 0.508 e. The fourth-order valence-corrected chi connectivity index (χ4v) is 8.08. The van der Waals surface area contributed by atoms with Crippen molar-refractivity contribution in [3.8, 4) is 5.75 Å². The number of phenols is 1. The van der Waals surface area contributed by atoms with Gasteiger partial charge in [-0.15, -0.1) is 6.58 Å². The van der Waals surface area contributed by atoms with Crippen molar-refractivity contribution in [2.45, 2.75) is 82.6 Å². The summed E-state index contributed by atoms with van der Waals surface area (Å²) in [5, 5.41) is 12.5. The second-order valence-corrected chi connectivity index (χ2v) is 15.5. The molecule has 304 valence electrons. The molecule has 0 saturated carbocycles. The van der Waals surface area contributed by atoms with Crippen LogP contribution in [0.15, 0.2) is 170 Å². The maximum Gasteiger partial charge on any atom is 0.129 e. The van der Waals surface area contributed by atoms with Crippen LogP contribution < -0.4 is 0 Å². The predicted molar refractivity (Wildman–Crippen MR) is 234 cm³/mol. The molecule has 0 bridgehead atoms. The number of hydrogen-bond acceptors (Lipinski definition) is 6. The van der Waals surface area contributed by atoms with Crippen LogP contribution in [0.3, 0.4) is 0 Å². The smallest absolute Gasteiger partial charge is 0.129 e. The molecule has 1 heterocycles. The predicted octanol–water partition coefficient (Wildman–Crippen LogP) is 11.3. The van der Waals surface area contributed by atoms with Crippen LogP contribution >= 0.6 is 11.6 Å². The summed E-state index contributed by atoms with van der Waals surface area (Å²) in [6.07, 6.45) is 0.766. The van der Waals surface area contributed by atoms with E-state index in [0.717, 1.165) is 39.8 Å². The minimum absolute atomic E-state index is 0.00957. The van der Waals surface area contributed by atoms with Gasteiger partial charge in [0.25, 0.3) is 0 Å². The summed E-state index contributed by atoms with van der Waals surface area (Å²) in [5.41, 5.74) is 6.45. The van der Waals surface area contributed by atoms with Crippen molar-refractivity contribution in [1.29, 1.82) is 0 Å². The van der Waals surface area contributed by atoms with Crippen molar-refractivity contribution in [3.05, 3.63) is 220 Å². The van der Waals surface area contributed by atoms with Crippen LogP contribution in [-0.4, -0.2) is 36.1 Å². The molecular weight excluding hydrogens is 756 g/mol. The van der Waals surface area contributed by atoms with E-state index in [2.05, 4.69) is 37.8 Å². The Balaban J connectivity index is 1.35. The molecule has 0 spiro atoms. The maximum atomic E-state index is 12.1. The van der Waals surface area contributed by atoms with E-state index in [0.29, 0.717) is 30.2 Å². The van der Waals surface area contributed by atoms with Gasteiger partial charge in [0.05, 0.1) is 33.0 Å². The topological polar surface area (TPSA) is 66.4 Å². The third-order valence-electron chi connectivity index (χ3n) is 10.9. The van der Waals surface area contributed by atoms with Gasteiger partial charge < -0.3 is 28.8 Å². The van der Waals surface area contributed by atoms with Gasteiger partial charge in [-0.2, -0.15) is 0 Å². The lowest BCUT2D eigenvalue weighted by Crippen LogP contribution is -2.65. The molecule has 59 heavy (non-hydrogen) atoms. The van der Waals surface area contributed by atoms with E-state index < -0.39 is 30.0 Å². The van der Waals surface area contributed by atoms with Crippen LogP contribution in [0.5, 0.6) is 5.75 Å². The minimum Gasteiger partial charge on any atom is -0.508 e. The third kappa shape index (κ3) is 10.8. The molecule has 5 unspecified atom stereocenters. The van der Waals surface area contributed by atoms with Gasteiger partial charge in [-0.25, -0.2) is 0 Å². The normalized spacial score (nSPS) is 20.3. The third-order valence-corrected chi connectivity index (χ3v) is 11.3. The molecule has 7 rings (SSSR count). The average molecular weight is 809 g/mol. The van der Waals surface area contributed by atoms with Crippen molar-refractivity contribution in [1.82, 2.24) is 0 Å². The van der Waals surface area contributed by atoms with Gasteiger partial charge >= 0.3 is 0 Å². The molecule has 1 aliphatic heterocycles. The lowest BCUT2D eigenvalue weighted by Gasteiger charge is -2.53. The molecule has 6 aromatic rings. The monoisotopic (exact) mass is 808 g/mol. The lowest BCUT2D eigenvalue weighted by molar-refractivity contribution is -0.313. The second kappa shape index (κ2) is 20.8. The molecule has 1 fully saturated rings. The summed E-state index contributed by atoms with van der Waals surface area (Å²) < 4.78 is 35.0. The number of phenolic OH excluding ortho intramolecular Hbond substituents is 1. The first-order chi connectivity index (χ1) is 29.0. The van der Waals surface area contributed by atoms with E-state index in [4.69, 9.17) is 35.3 Å². The highest BCUT2D eigenvalue weighted by Crippen LogP contribution is 2.49. The Kier molecular flexibility index (Phi) is 14.8. The van der Waals surface area contributed by atoms with Crippen LogP contribution in [0.2, 0.25) is 5.02 Å². The fourth-order valence-electron chi connectivity index (χ4n) is 7.86. The van der Waals surface area contributed by atoms with Gasteiger partial charge in [0, 0.05) is 17.0 Å². The number of aromatic hydroxyl groups is 1. The molecule has 5 atom stereocenters. The van der Waals surface area contributed by atoms with E-state index in [1.807, 2.05) is 133 Å². The fraction of sp³-hybridized carbons (Fsp3) is 0.269. The summed E-state index contributed by atoms with van der Waals surface area (Å²) in [6, 6.07) is 52.4. The van der Waals surface area contributed by atoms with Crippen molar-refractivity contribution < 1.29 is 28.8 Å². The highest BCUT2D eigenvalue weighted by atomic mass is 35.5. The maximum absolute atomic E-state index is 12.1. The number of aryl methyl sites for hydroxylation is 1. The van der Waals surface area contributed by atoms with Gasteiger partial charge in [-0.05, 0) is 63.9 Å². The Morgan fingerprint density at radius 1 is 0.627 bits per heavy atom. The standard InChI is InChI=1S/C52H53ClO6/c1-3-29-52(45-31-44(46(53)32-47(45)54)30-39-27-25-38(4-2)26-28-39)51(58-36-43-23-15-8-16-24-43)50(57-35-42-21-13-7-14-22-42)49(56-34-41-19-11-6-12-20-41)48(59-52)37-55-33-40-17-9-5-10-18-40/h3,5-28,31-32,48-51,54H,1,4,29-30,33-37H2,2H3. The zero-order valence-corrected chi connectivity index (χ0v) is 34.4. The number of hydrogen-bond donors (Lipinski definition) is 1. The average Bonchev–Trinajstić information content (AvgIpc) is 3.27. The zero-order chi connectivity index (χ0) is 40.9. The van der Waals surface area contributed by atoms with Crippen molar-refractivity contribution in [2.24, 2.45) is 0 Å². The number of benzene rings is 6. The summed E-state index contributed by atoms with van der Waals surface area (Å²) >= 11 is 6.96. The van der Waals surface area contributed by atoms with Gasteiger partial charge in [-0.3, -0.25) is 0 Å². The van der Waals surface area contributed by atoms with Gasteiger partial charge in [0.15, 0.2) is 0 Å². The van der Waals surface area contributed by atoms with E-state index in [9.17, 15) is 5.11 Å². The molecule has 0 amide bonds. The Morgan fingerprint density at radius 3 is 1.64 bits per heavy atom. The highest BCUT2D eigenvalue weighted by Gasteiger charge is 2.58. The SMILES string of the molecule is C=CCC1(c2cc(Cc3ccc(CC)cc3)c(Cl)cc2O)OC(COCc2ccccc2)C(OCc2ccccc2)C(OCc2ccccc2)C1OCc1ccccc1. The minimum atomic E-state index is -1.32. The number of ether oxygens (including phenoxy) is 5. The molecule has 0 aromatic heterocycles. The Labute approximate surface area is 354 Å². The second-order valence-electron chi connectivity index (χ2n) is 15.1. The summed E-state index contributed by atoms with van der Waals surface area (Å²) in [7, 11) is 0. The van der Waals surface area contributed by atoms with Gasteiger partial charge in [-0.1, -0.05) is 170 Å². The van der Waals surface area contributed by atoms with E-state index in [1.54, 1.807) is 6.07 Å². The molecule has 7 heteroatoms. The molecule has 6 aromatic carbocycles. The molecule has 1 aliphatic rings. The van der Waals surface area contributed by atoms with Crippen LogP contribution in [0, 0.1) is 0 Å². The van der Waals surface area contributed by atoms with Gasteiger partial charge in [0.1, 0.15) is 35.8 Å². The highest BCUT2D eigenvalue weighted by molar-refractivity contribution is 6.31. The molecule has 0 radical (unpaired) electrons. The van der Waals surface area contributed by atoms with Gasteiger partial charge in [0.2, 0.25) is 0 Å². The van der Waals surface area contributed by atoms with Crippen molar-refractivity contribution in [3.63, 3.8) is 0 Å². The molecule has 0 aliphatic carbocycles. The number of rotatable bonds is 19. The molecule has 1 N–H and O–H groups in total. The van der Waals surface area contributed by atoms with Crippen LogP contribution in [-0.2, 0) is 68.6 Å². The van der Waals surface area contributed by atoms with Crippen LogP contribution in [0.4, 0.5) is 0 Å². The van der Waals surface area contributed by atoms with E-state index >= 15 is 0 Å². The Bertz CT molecular complexity index is 2180. The first-order valence-corrected chi connectivity index (χ1v) is 20.8. The van der Waals surface area contributed by atoms with E-state index in [1.165, 1.54) is 5.56 Å². The molecular formula is C52H53ClO6. The quantitative estimate of drug-likeness (QED) is 0.0822. The summed E-state index contributed by atoms with van der Waals surface area (Å²) in [5.74, 6) is -0.00957. The lowest BCUT2D eigenvalue weighted by atomic mass is 9.76. The van der Waals surface area contributed by atoms with Crippen molar-refractivity contribution in [2.75, 3.05) is 6.61 Å². The summed E-state index contributed by atoms with van der Waals surface area (Å²) in [4.78, 5) is 0. The first kappa shape index (κ1) is 42.1. The molecule has 6 nitrogen and oxygen atoms in total. The Morgan fingerprint density at radius 2 is 1.12 bits per heavy atom. The van der Waals surface area contributed by atoms with E-state index in [-0.39, 0.29) is 32.0 Å². The number of halogens is 1. The Hall–Kier alpha value is -5.05. The zero-order valence-electron chi connectivity index (χ0n) is 33.6. The first-order valence-electron chi connectivity index (χ1n) is 20.4. The molecule has 1 saturated heterocycles. The van der Waals surface area contributed by atoms with Crippen LogP contribution in [0.1, 0.15) is 57.9 Å².